The molecule has 0 aliphatic rings. The topological polar surface area (TPSA) is 76.4 Å². The smallest absolute Gasteiger partial charge is 0.323 e. The molecule has 4 N–H and O–H groups in total. The van der Waals surface area contributed by atoms with Gasteiger partial charge in [0.1, 0.15) is 5.75 Å². The van der Waals surface area contributed by atoms with Crippen molar-refractivity contribution in [2.75, 3.05) is 17.7 Å². The second kappa shape index (κ2) is 10.7. The monoisotopic (exact) mass is 425 g/mol. The van der Waals surface area contributed by atoms with Crippen LogP contribution >= 0.6 is 0 Å². The zero-order chi connectivity index (χ0) is 22.9. The van der Waals surface area contributed by atoms with Gasteiger partial charge in [0.2, 0.25) is 0 Å². The molecule has 2 amide bonds. The second-order valence-corrected chi connectivity index (χ2v) is 7.18. The predicted molar refractivity (Wildman–Crippen MR) is 134 cm³/mol. The zero-order valence-corrected chi connectivity index (χ0v) is 18.3. The minimum atomic E-state index is -0.321. The molecule has 0 atom stereocenters. The van der Waals surface area contributed by atoms with Crippen LogP contribution in [0, 0.1) is 0 Å². The first-order valence-electron chi connectivity index (χ1n) is 10.2. The summed E-state index contributed by atoms with van der Waals surface area (Å²) in [5.41, 5.74) is 11.7. The van der Waals surface area contributed by atoms with Crippen LogP contribution in [-0.4, -0.2) is 13.1 Å². The quantitative estimate of drug-likeness (QED) is 0.381. The molecular formula is C27H27N3O2. The van der Waals surface area contributed by atoms with E-state index in [-0.39, 0.29) is 6.03 Å². The number of hydrogen-bond donors (Lipinski definition) is 3. The lowest BCUT2D eigenvalue weighted by atomic mass is 10.0. The lowest BCUT2D eigenvalue weighted by molar-refractivity contribution is 0.262. The third-order valence-corrected chi connectivity index (χ3v) is 4.73. The number of ether oxygens (including phenoxy) is 1. The molecule has 0 bridgehead atoms. The van der Waals surface area contributed by atoms with Crippen molar-refractivity contribution < 1.29 is 9.53 Å². The highest BCUT2D eigenvalue weighted by Gasteiger charge is 2.09. The van der Waals surface area contributed by atoms with E-state index in [0.717, 1.165) is 28.0 Å². The number of nitrogens with one attached hydrogen (secondary N) is 2. The highest BCUT2D eigenvalue weighted by Crippen LogP contribution is 2.29. The number of amides is 2. The van der Waals surface area contributed by atoms with E-state index in [1.54, 1.807) is 13.2 Å². The Hall–Kier alpha value is -4.25. The minimum absolute atomic E-state index is 0.321. The maximum absolute atomic E-state index is 12.6. The van der Waals surface area contributed by atoms with Gasteiger partial charge in [-0.2, -0.15) is 0 Å². The van der Waals surface area contributed by atoms with Gasteiger partial charge in [0.15, 0.2) is 0 Å². The Morgan fingerprint density at radius 1 is 0.969 bits per heavy atom. The molecular weight excluding hydrogens is 398 g/mol. The number of rotatable bonds is 7. The van der Waals surface area contributed by atoms with E-state index in [2.05, 4.69) is 17.2 Å². The van der Waals surface area contributed by atoms with E-state index < -0.39 is 0 Å². The Kier molecular flexibility index (Phi) is 7.49. The third kappa shape index (κ3) is 5.89. The number of urea groups is 1. The Morgan fingerprint density at radius 3 is 2.28 bits per heavy atom. The molecule has 3 aromatic carbocycles. The molecule has 3 rings (SSSR count). The van der Waals surface area contributed by atoms with Crippen LogP contribution in [0.4, 0.5) is 16.2 Å². The molecule has 0 aromatic heterocycles. The van der Waals surface area contributed by atoms with Crippen LogP contribution in [0.2, 0.25) is 0 Å². The summed E-state index contributed by atoms with van der Waals surface area (Å²) in [7, 11) is 1.63. The Labute approximate surface area is 188 Å². The first-order valence-corrected chi connectivity index (χ1v) is 10.2. The average Bonchev–Trinajstić information content (AvgIpc) is 2.79. The molecule has 0 fully saturated rings. The largest absolute Gasteiger partial charge is 0.497 e. The van der Waals surface area contributed by atoms with Crippen molar-refractivity contribution in [3.05, 3.63) is 109 Å². The Balaban J connectivity index is 1.73. The number of carbonyl (C=O) groups is 1. The summed E-state index contributed by atoms with van der Waals surface area (Å²) in [4.78, 5) is 12.6. The van der Waals surface area contributed by atoms with Gasteiger partial charge in [-0.25, -0.2) is 4.79 Å². The molecule has 5 heteroatoms. The lowest BCUT2D eigenvalue weighted by Gasteiger charge is -2.13. The van der Waals surface area contributed by atoms with Crippen LogP contribution in [0.1, 0.15) is 12.5 Å². The summed E-state index contributed by atoms with van der Waals surface area (Å²) in [6, 6.07) is 22.6. The summed E-state index contributed by atoms with van der Waals surface area (Å²) in [6.45, 7) is 5.58. The fraction of sp³-hybridized carbons (Fsp3) is 0.0741. The second-order valence-electron chi connectivity index (χ2n) is 7.18. The fourth-order valence-electron chi connectivity index (χ4n) is 3.25. The number of hydrogen-bond acceptors (Lipinski definition) is 3. The molecule has 3 aromatic rings. The van der Waals surface area contributed by atoms with E-state index in [1.807, 2.05) is 91.9 Å². The first-order chi connectivity index (χ1) is 15.5. The zero-order valence-electron chi connectivity index (χ0n) is 18.3. The Bertz CT molecular complexity index is 1140. The van der Waals surface area contributed by atoms with Gasteiger partial charge >= 0.3 is 6.03 Å². The molecule has 0 aliphatic carbocycles. The number of benzene rings is 3. The van der Waals surface area contributed by atoms with E-state index in [4.69, 9.17) is 10.5 Å². The molecule has 0 heterocycles. The van der Waals surface area contributed by atoms with Crippen molar-refractivity contribution in [3.8, 4) is 16.9 Å². The standard InChI is InChI=1S/C27H27N3O2/c1-4-7-22(18-19(2)28)20-10-14-23(15-11-20)29-27(31)30-26-9-6-5-8-25(26)21-12-16-24(32-3)17-13-21/h4-18H,1,28H2,2-3H3,(H2,29,30,31)/b19-18-,22-7+. The normalized spacial score (nSPS) is 11.6. The van der Waals surface area contributed by atoms with Gasteiger partial charge in [0.25, 0.3) is 0 Å². The molecule has 0 aliphatic heterocycles. The van der Waals surface area contributed by atoms with Gasteiger partial charge in [-0.15, -0.1) is 0 Å². The summed E-state index contributed by atoms with van der Waals surface area (Å²) >= 11 is 0. The van der Waals surface area contributed by atoms with Crippen LogP contribution in [0.25, 0.3) is 16.7 Å². The number of allylic oxidation sites excluding steroid dienone is 5. The highest BCUT2D eigenvalue weighted by molar-refractivity contribution is 6.02. The molecule has 0 unspecified atom stereocenters. The summed E-state index contributed by atoms with van der Waals surface area (Å²) in [5.74, 6) is 0.781. The molecule has 0 saturated carbocycles. The summed E-state index contributed by atoms with van der Waals surface area (Å²) in [6.07, 6.45) is 5.49. The van der Waals surface area contributed by atoms with Gasteiger partial charge < -0.3 is 21.1 Å². The van der Waals surface area contributed by atoms with Gasteiger partial charge in [0.05, 0.1) is 12.8 Å². The van der Waals surface area contributed by atoms with Crippen LogP contribution < -0.4 is 21.1 Å². The van der Waals surface area contributed by atoms with Gasteiger partial charge in [0, 0.05) is 16.9 Å². The first kappa shape index (κ1) is 22.4. The van der Waals surface area contributed by atoms with Crippen molar-refractivity contribution in [1.29, 1.82) is 0 Å². The highest BCUT2D eigenvalue weighted by atomic mass is 16.5. The Morgan fingerprint density at radius 2 is 1.66 bits per heavy atom. The molecule has 162 valence electrons. The number of nitrogens with two attached hydrogens (primary N) is 1. The molecule has 0 saturated heterocycles. The van der Waals surface area contributed by atoms with Crippen LogP contribution in [-0.2, 0) is 0 Å². The van der Waals surface area contributed by atoms with Crippen molar-refractivity contribution in [2.45, 2.75) is 6.92 Å². The maximum Gasteiger partial charge on any atom is 0.323 e. The predicted octanol–water partition coefficient (Wildman–Crippen LogP) is 6.44. The van der Waals surface area contributed by atoms with Crippen molar-refractivity contribution in [2.24, 2.45) is 5.73 Å². The van der Waals surface area contributed by atoms with Crippen LogP contribution in [0.5, 0.6) is 5.75 Å². The van der Waals surface area contributed by atoms with Gasteiger partial charge in [-0.3, -0.25) is 0 Å². The SMILES string of the molecule is C=C/C=C(\C=C(\C)N)c1ccc(NC(=O)Nc2ccccc2-c2ccc(OC)cc2)cc1. The number of para-hydroxylation sites is 1. The van der Waals surface area contributed by atoms with Crippen molar-refractivity contribution in [1.82, 2.24) is 0 Å². The molecule has 0 spiro atoms. The number of carbonyl (C=O) groups excluding carboxylic acids is 1. The van der Waals surface area contributed by atoms with Crippen LogP contribution in [0.15, 0.2) is 103 Å². The summed E-state index contributed by atoms with van der Waals surface area (Å²) in [5, 5.41) is 5.81. The number of anilines is 2. The maximum atomic E-state index is 12.6. The lowest BCUT2D eigenvalue weighted by Crippen LogP contribution is -2.19. The summed E-state index contributed by atoms with van der Waals surface area (Å²) < 4.78 is 5.22. The molecule has 0 radical (unpaired) electrons. The van der Waals surface area contributed by atoms with Crippen molar-refractivity contribution >= 4 is 23.0 Å². The van der Waals surface area contributed by atoms with Gasteiger partial charge in [-0.05, 0) is 60.0 Å². The fourth-order valence-corrected chi connectivity index (χ4v) is 3.25. The number of methoxy groups -OCH3 is 1. The van der Waals surface area contributed by atoms with Gasteiger partial charge in [-0.1, -0.05) is 61.2 Å². The van der Waals surface area contributed by atoms with Crippen molar-refractivity contribution in [3.63, 3.8) is 0 Å². The molecule has 5 nitrogen and oxygen atoms in total. The average molecular weight is 426 g/mol. The minimum Gasteiger partial charge on any atom is -0.497 e. The molecule has 32 heavy (non-hydrogen) atoms. The van der Waals surface area contributed by atoms with E-state index in [1.165, 1.54) is 0 Å². The van der Waals surface area contributed by atoms with E-state index >= 15 is 0 Å². The third-order valence-electron chi connectivity index (χ3n) is 4.73. The van der Waals surface area contributed by atoms with E-state index in [0.29, 0.717) is 17.1 Å². The van der Waals surface area contributed by atoms with Crippen LogP contribution in [0.3, 0.4) is 0 Å². The van der Waals surface area contributed by atoms with E-state index in [9.17, 15) is 4.79 Å².